The van der Waals surface area contributed by atoms with E-state index in [-0.39, 0.29) is 0 Å². The van der Waals surface area contributed by atoms with E-state index in [1.807, 2.05) is 11.8 Å². The highest BCUT2D eigenvalue weighted by molar-refractivity contribution is 5.49. The third-order valence-corrected chi connectivity index (χ3v) is 10.5. The molecule has 0 radical (unpaired) electrons. The van der Waals surface area contributed by atoms with E-state index in [0.29, 0.717) is 23.2 Å². The summed E-state index contributed by atoms with van der Waals surface area (Å²) in [6.07, 6.45) is 21.3. The number of hydrogen-bond donors (Lipinski definition) is 2. The van der Waals surface area contributed by atoms with Gasteiger partial charge in [0.25, 0.3) is 0 Å². The lowest BCUT2D eigenvalue weighted by molar-refractivity contribution is -0.0764. The van der Waals surface area contributed by atoms with Crippen molar-refractivity contribution in [1.82, 2.24) is 9.78 Å². The normalized spacial score (nSPS) is 37.6. The first kappa shape index (κ1) is 29.1. The standard InChI is InChI=1S/C27H41N3O.C3H8.CH4O/c1-5-19-15-29-30(26(19)28)17(2)24-10-11-25-23-9-7-20-14-18(16-31-4)6-8-21(20)22(23)12-13-27(24,25)3;1-3-2;1-2/h1,15,17-18,20-25H,6-14,16,28H2,2-4H3;3H2,1-2H3;2H,1H3. The Labute approximate surface area is 220 Å². The number of anilines is 1. The van der Waals surface area contributed by atoms with Crippen molar-refractivity contribution in [2.45, 2.75) is 97.9 Å². The fourth-order valence-corrected chi connectivity index (χ4v) is 9.15. The molecule has 0 spiro atoms. The van der Waals surface area contributed by atoms with Gasteiger partial charge in [0.15, 0.2) is 0 Å². The van der Waals surface area contributed by atoms with E-state index < -0.39 is 0 Å². The predicted octanol–water partition coefficient (Wildman–Crippen LogP) is 6.56. The highest BCUT2D eigenvalue weighted by atomic mass is 16.5. The molecule has 1 aromatic rings. The number of hydrogen-bond acceptors (Lipinski definition) is 4. The zero-order valence-corrected chi connectivity index (χ0v) is 23.9. The van der Waals surface area contributed by atoms with Crippen molar-refractivity contribution in [3.63, 3.8) is 0 Å². The van der Waals surface area contributed by atoms with Gasteiger partial charge in [0.05, 0.1) is 17.8 Å². The number of aliphatic hydroxyl groups excluding tert-OH is 1. The maximum Gasteiger partial charge on any atom is 0.137 e. The second kappa shape index (κ2) is 12.8. The molecule has 0 saturated heterocycles. The average Bonchev–Trinajstić information content (AvgIpc) is 3.44. The molecule has 0 amide bonds. The molecule has 5 heteroatoms. The van der Waals surface area contributed by atoms with E-state index in [1.165, 1.54) is 64.2 Å². The lowest BCUT2D eigenvalue weighted by Crippen LogP contribution is -2.49. The van der Waals surface area contributed by atoms with Gasteiger partial charge >= 0.3 is 0 Å². The monoisotopic (exact) mass is 499 g/mol. The van der Waals surface area contributed by atoms with Crippen LogP contribution < -0.4 is 5.73 Å². The zero-order valence-electron chi connectivity index (χ0n) is 23.9. The van der Waals surface area contributed by atoms with E-state index in [4.69, 9.17) is 22.0 Å². The number of aromatic nitrogens is 2. The average molecular weight is 500 g/mol. The summed E-state index contributed by atoms with van der Waals surface area (Å²) in [7, 11) is 2.87. The van der Waals surface area contributed by atoms with Crippen LogP contribution in [0.15, 0.2) is 6.20 Å². The number of methoxy groups -OCH3 is 1. The maximum atomic E-state index is 7.00. The summed E-state index contributed by atoms with van der Waals surface area (Å²) in [6, 6.07) is 0.314. The minimum Gasteiger partial charge on any atom is -0.400 e. The van der Waals surface area contributed by atoms with Gasteiger partial charge in [0.2, 0.25) is 0 Å². The van der Waals surface area contributed by atoms with Crippen LogP contribution >= 0.6 is 0 Å². The van der Waals surface area contributed by atoms with Crippen LogP contribution in [0.25, 0.3) is 0 Å². The van der Waals surface area contributed by atoms with Crippen molar-refractivity contribution >= 4 is 5.82 Å². The van der Waals surface area contributed by atoms with Crippen LogP contribution in [0.1, 0.15) is 104 Å². The summed E-state index contributed by atoms with van der Waals surface area (Å²) in [5.74, 6) is 9.52. The van der Waals surface area contributed by atoms with Gasteiger partial charge in [-0.2, -0.15) is 5.10 Å². The molecule has 5 rings (SSSR count). The van der Waals surface area contributed by atoms with Crippen LogP contribution in [0.5, 0.6) is 0 Å². The summed E-state index contributed by atoms with van der Waals surface area (Å²) in [5.41, 5.74) is 7.50. The van der Waals surface area contributed by atoms with Crippen molar-refractivity contribution < 1.29 is 9.84 Å². The van der Waals surface area contributed by atoms with Gasteiger partial charge in [0, 0.05) is 20.8 Å². The summed E-state index contributed by atoms with van der Waals surface area (Å²) < 4.78 is 7.52. The molecule has 4 saturated carbocycles. The number of rotatable bonds is 4. The Hall–Kier alpha value is -1.51. The number of nitrogens with zero attached hydrogens (tertiary/aromatic N) is 2. The fourth-order valence-electron chi connectivity index (χ4n) is 9.15. The number of nitrogens with two attached hydrogens (primary N) is 1. The van der Waals surface area contributed by atoms with E-state index >= 15 is 0 Å². The Morgan fingerprint density at radius 2 is 1.83 bits per heavy atom. The molecular weight excluding hydrogens is 446 g/mol. The largest absolute Gasteiger partial charge is 0.400 e. The van der Waals surface area contributed by atoms with Gasteiger partial charge in [-0.15, -0.1) is 6.42 Å². The molecule has 4 aliphatic carbocycles. The molecule has 1 aromatic heterocycles. The lowest BCUT2D eigenvalue weighted by Gasteiger charge is -2.56. The molecule has 4 aliphatic rings. The number of terminal acetylenes is 1. The number of aliphatic hydroxyl groups is 1. The Balaban J connectivity index is 0.000000674. The summed E-state index contributed by atoms with van der Waals surface area (Å²) in [6.45, 7) is 10.1. The minimum absolute atomic E-state index is 0.314. The molecule has 0 aromatic carbocycles. The van der Waals surface area contributed by atoms with Crippen molar-refractivity contribution in [3.8, 4) is 12.3 Å². The Bertz CT molecular complexity index is 860. The number of ether oxygens (including phenoxy) is 1. The van der Waals surface area contributed by atoms with Gasteiger partial charge < -0.3 is 15.6 Å². The zero-order chi connectivity index (χ0) is 26.5. The van der Waals surface area contributed by atoms with Gasteiger partial charge in [-0.3, -0.25) is 0 Å². The SMILES string of the molecule is C#Cc1cnn(C(C)C2CCC3C4CCC5CC(COC)CCC5C4CCC32C)c1N.CCC.CO. The first-order valence-electron chi connectivity index (χ1n) is 14.6. The molecule has 9 atom stereocenters. The quantitative estimate of drug-likeness (QED) is 0.460. The molecule has 0 aliphatic heterocycles. The predicted molar refractivity (Wildman–Crippen MR) is 149 cm³/mol. The van der Waals surface area contributed by atoms with E-state index in [1.54, 1.807) is 6.20 Å². The maximum absolute atomic E-state index is 7.00. The molecule has 1 heterocycles. The second-order valence-electron chi connectivity index (χ2n) is 12.3. The van der Waals surface area contributed by atoms with Gasteiger partial charge in [-0.1, -0.05) is 33.1 Å². The van der Waals surface area contributed by atoms with E-state index in [0.717, 1.165) is 54.8 Å². The van der Waals surface area contributed by atoms with Gasteiger partial charge in [-0.05, 0) is 112 Å². The van der Waals surface area contributed by atoms with Crippen LogP contribution in [0.4, 0.5) is 5.82 Å². The van der Waals surface area contributed by atoms with Crippen LogP contribution in [0.2, 0.25) is 0 Å². The number of nitrogen functional groups attached to an aromatic ring is 1. The fraction of sp³-hybridized carbons (Fsp3) is 0.839. The van der Waals surface area contributed by atoms with E-state index in [2.05, 4.69) is 38.7 Å². The smallest absolute Gasteiger partial charge is 0.137 e. The van der Waals surface area contributed by atoms with Crippen molar-refractivity contribution in [3.05, 3.63) is 11.8 Å². The topological polar surface area (TPSA) is 73.3 Å². The molecule has 5 nitrogen and oxygen atoms in total. The lowest BCUT2D eigenvalue weighted by atomic mass is 9.49. The highest BCUT2D eigenvalue weighted by Crippen LogP contribution is 2.66. The van der Waals surface area contributed by atoms with Crippen LogP contribution in [0, 0.1) is 59.2 Å². The van der Waals surface area contributed by atoms with Gasteiger partial charge in [-0.25, -0.2) is 4.68 Å². The number of fused-ring (bicyclic) bond motifs is 5. The molecule has 9 unspecified atom stereocenters. The van der Waals surface area contributed by atoms with Crippen LogP contribution in [-0.4, -0.2) is 35.7 Å². The van der Waals surface area contributed by atoms with Crippen LogP contribution in [0.3, 0.4) is 0 Å². The van der Waals surface area contributed by atoms with Crippen molar-refractivity contribution in [2.75, 3.05) is 26.6 Å². The van der Waals surface area contributed by atoms with Gasteiger partial charge in [0.1, 0.15) is 5.82 Å². The molecule has 4 fully saturated rings. The molecule has 204 valence electrons. The summed E-state index contributed by atoms with van der Waals surface area (Å²) in [5, 5.41) is 11.6. The van der Waals surface area contributed by atoms with E-state index in [9.17, 15) is 0 Å². The van der Waals surface area contributed by atoms with Crippen molar-refractivity contribution in [2.24, 2.45) is 46.8 Å². The highest BCUT2D eigenvalue weighted by Gasteiger charge is 2.58. The molecule has 0 bridgehead atoms. The Morgan fingerprint density at radius 3 is 2.47 bits per heavy atom. The molecular formula is C31H53N3O2. The minimum atomic E-state index is 0.314. The Morgan fingerprint density at radius 1 is 1.14 bits per heavy atom. The Kier molecular flexibility index (Phi) is 10.4. The first-order valence-corrected chi connectivity index (χ1v) is 14.6. The molecule has 3 N–H and O–H groups in total. The third kappa shape index (κ3) is 5.37. The third-order valence-electron chi connectivity index (χ3n) is 10.5. The summed E-state index contributed by atoms with van der Waals surface area (Å²) >= 11 is 0. The molecule has 36 heavy (non-hydrogen) atoms. The second-order valence-corrected chi connectivity index (χ2v) is 12.3. The van der Waals surface area contributed by atoms with Crippen LogP contribution in [-0.2, 0) is 4.74 Å². The van der Waals surface area contributed by atoms with Crippen molar-refractivity contribution in [1.29, 1.82) is 0 Å². The summed E-state index contributed by atoms with van der Waals surface area (Å²) in [4.78, 5) is 0. The first-order chi connectivity index (χ1) is 17.4.